The first-order chi connectivity index (χ1) is 12.2. The van der Waals surface area contributed by atoms with Gasteiger partial charge in [-0.15, -0.1) is 0 Å². The maximum atomic E-state index is 13.1. The number of hydrogen-bond acceptors (Lipinski definition) is 3. The van der Waals surface area contributed by atoms with Crippen molar-refractivity contribution >= 4 is 17.5 Å². The molecule has 0 radical (unpaired) electrons. The molecule has 2 amide bonds. The maximum Gasteiger partial charge on any atom is 0.252 e. The molecule has 1 N–H and O–H groups in total. The summed E-state index contributed by atoms with van der Waals surface area (Å²) in [5.74, 6) is 0.397. The van der Waals surface area contributed by atoms with E-state index in [0.717, 1.165) is 18.5 Å². The molecule has 6 heteroatoms. The largest absolute Gasteiger partial charge is 0.342 e. The number of nitrogens with zero attached hydrogens (tertiary/aromatic N) is 3. The Kier molecular flexibility index (Phi) is 4.03. The van der Waals surface area contributed by atoms with Crippen molar-refractivity contribution in [2.75, 3.05) is 18.4 Å². The number of anilines is 1. The molecule has 0 unspecified atom stereocenters. The van der Waals surface area contributed by atoms with Crippen LogP contribution < -0.4 is 5.32 Å². The van der Waals surface area contributed by atoms with Crippen molar-refractivity contribution < 1.29 is 9.59 Å². The number of likely N-dealkylation sites (tertiary alicyclic amines) is 1. The first kappa shape index (κ1) is 15.9. The van der Waals surface area contributed by atoms with Gasteiger partial charge in [-0.3, -0.25) is 14.3 Å². The van der Waals surface area contributed by atoms with E-state index in [9.17, 15) is 9.59 Å². The van der Waals surface area contributed by atoms with E-state index in [1.54, 1.807) is 10.9 Å². The monoisotopic (exact) mass is 338 g/mol. The van der Waals surface area contributed by atoms with Gasteiger partial charge in [0.1, 0.15) is 5.54 Å². The number of piperidine rings is 1. The molecule has 1 aromatic heterocycles. The topological polar surface area (TPSA) is 67.2 Å². The standard InChI is InChI=1S/C19H22N4O2/c24-17(15-7-8-15)22-13-9-19(10-14-22,23-12-4-11-20-23)18(25)21-16-5-2-1-3-6-16/h1-6,11-12,15H,7-10,13-14H2,(H,21,25). The smallest absolute Gasteiger partial charge is 0.252 e. The zero-order valence-electron chi connectivity index (χ0n) is 14.1. The molecule has 1 aromatic carbocycles. The zero-order valence-corrected chi connectivity index (χ0v) is 14.1. The van der Waals surface area contributed by atoms with E-state index < -0.39 is 5.54 Å². The van der Waals surface area contributed by atoms with E-state index in [1.165, 1.54) is 0 Å². The summed E-state index contributed by atoms with van der Waals surface area (Å²) < 4.78 is 1.75. The Bertz CT molecular complexity index is 745. The molecule has 0 bridgehead atoms. The summed E-state index contributed by atoms with van der Waals surface area (Å²) in [4.78, 5) is 27.4. The van der Waals surface area contributed by atoms with E-state index >= 15 is 0 Å². The lowest BCUT2D eigenvalue weighted by Gasteiger charge is -2.40. The van der Waals surface area contributed by atoms with E-state index in [0.29, 0.717) is 25.9 Å². The number of carbonyl (C=O) groups is 2. The summed E-state index contributed by atoms with van der Waals surface area (Å²) in [7, 11) is 0. The molecule has 2 fully saturated rings. The van der Waals surface area contributed by atoms with E-state index in [1.807, 2.05) is 47.5 Å². The SMILES string of the molecule is O=C(C1CC1)N1CCC(C(=O)Nc2ccccc2)(n2cccn2)CC1. The predicted octanol–water partition coefficient (Wildman–Crippen LogP) is 2.25. The normalized spacial score (nSPS) is 19.4. The first-order valence-corrected chi connectivity index (χ1v) is 8.84. The number of nitrogens with one attached hydrogen (secondary N) is 1. The molecule has 1 aliphatic heterocycles. The minimum atomic E-state index is -0.750. The van der Waals surface area contributed by atoms with Crippen molar-refractivity contribution in [3.63, 3.8) is 0 Å². The molecular formula is C19H22N4O2. The Morgan fingerprint density at radius 1 is 1.08 bits per heavy atom. The van der Waals surface area contributed by atoms with Gasteiger partial charge >= 0.3 is 0 Å². The highest BCUT2D eigenvalue weighted by molar-refractivity contribution is 5.97. The highest BCUT2D eigenvalue weighted by Gasteiger charge is 2.46. The van der Waals surface area contributed by atoms with Crippen molar-refractivity contribution in [1.82, 2.24) is 14.7 Å². The van der Waals surface area contributed by atoms with Crippen molar-refractivity contribution in [2.45, 2.75) is 31.2 Å². The maximum absolute atomic E-state index is 13.1. The van der Waals surface area contributed by atoms with Crippen LogP contribution in [-0.4, -0.2) is 39.6 Å². The van der Waals surface area contributed by atoms with Crippen molar-refractivity contribution in [1.29, 1.82) is 0 Å². The second-order valence-electron chi connectivity index (χ2n) is 6.90. The Hall–Kier alpha value is -2.63. The van der Waals surface area contributed by atoms with Crippen LogP contribution in [0.3, 0.4) is 0 Å². The zero-order chi connectivity index (χ0) is 17.3. The van der Waals surface area contributed by atoms with E-state index in [2.05, 4.69) is 10.4 Å². The molecule has 2 aromatic rings. The van der Waals surface area contributed by atoms with E-state index in [-0.39, 0.29) is 17.7 Å². The second-order valence-corrected chi connectivity index (χ2v) is 6.90. The molecule has 1 aliphatic carbocycles. The van der Waals surface area contributed by atoms with Crippen LogP contribution in [0, 0.1) is 5.92 Å². The summed E-state index contributed by atoms with van der Waals surface area (Å²) in [6.45, 7) is 1.19. The van der Waals surface area contributed by atoms with Gasteiger partial charge < -0.3 is 10.2 Å². The third-order valence-electron chi connectivity index (χ3n) is 5.23. The third kappa shape index (κ3) is 3.04. The number of para-hydroxylation sites is 1. The summed E-state index contributed by atoms with van der Waals surface area (Å²) in [6.07, 6.45) is 6.70. The molecule has 25 heavy (non-hydrogen) atoms. The number of benzene rings is 1. The number of hydrogen-bond donors (Lipinski definition) is 1. The quantitative estimate of drug-likeness (QED) is 0.930. The van der Waals surface area contributed by atoms with Gasteiger partial charge in [-0.05, 0) is 43.9 Å². The molecule has 1 saturated carbocycles. The summed E-state index contributed by atoms with van der Waals surface area (Å²) in [6, 6.07) is 11.3. The number of rotatable bonds is 4. The van der Waals surface area contributed by atoms with Gasteiger partial charge in [-0.2, -0.15) is 5.10 Å². The van der Waals surface area contributed by atoms with Crippen LogP contribution in [0.5, 0.6) is 0 Å². The summed E-state index contributed by atoms with van der Waals surface area (Å²) >= 11 is 0. The van der Waals surface area contributed by atoms with Crippen LogP contribution in [0.25, 0.3) is 0 Å². The predicted molar refractivity (Wildman–Crippen MR) is 93.8 cm³/mol. The molecule has 4 rings (SSSR count). The number of carbonyl (C=O) groups excluding carboxylic acids is 2. The average molecular weight is 338 g/mol. The second kappa shape index (κ2) is 6.35. The van der Waals surface area contributed by atoms with Crippen LogP contribution in [0.15, 0.2) is 48.8 Å². The van der Waals surface area contributed by atoms with Gasteiger partial charge in [0.2, 0.25) is 5.91 Å². The first-order valence-electron chi connectivity index (χ1n) is 8.84. The molecule has 0 atom stereocenters. The van der Waals surface area contributed by atoms with E-state index in [4.69, 9.17) is 0 Å². The van der Waals surface area contributed by atoms with Gasteiger partial charge in [-0.1, -0.05) is 18.2 Å². The van der Waals surface area contributed by atoms with Crippen LogP contribution in [0.4, 0.5) is 5.69 Å². The van der Waals surface area contributed by atoms with Gasteiger partial charge in [0, 0.05) is 37.1 Å². The van der Waals surface area contributed by atoms with Crippen LogP contribution >= 0.6 is 0 Å². The molecular weight excluding hydrogens is 316 g/mol. The highest BCUT2D eigenvalue weighted by atomic mass is 16.2. The lowest BCUT2D eigenvalue weighted by atomic mass is 9.86. The summed E-state index contributed by atoms with van der Waals surface area (Å²) in [5.41, 5.74) is 0.0233. The van der Waals surface area contributed by atoms with Crippen LogP contribution in [0.2, 0.25) is 0 Å². The van der Waals surface area contributed by atoms with Crippen LogP contribution in [-0.2, 0) is 15.1 Å². The Balaban J connectivity index is 1.54. The average Bonchev–Trinajstić information content (AvgIpc) is 3.35. The van der Waals surface area contributed by atoms with Crippen LogP contribution in [0.1, 0.15) is 25.7 Å². The molecule has 130 valence electrons. The fraction of sp³-hybridized carbons (Fsp3) is 0.421. The van der Waals surface area contributed by atoms with Gasteiger partial charge in [-0.25, -0.2) is 0 Å². The summed E-state index contributed by atoms with van der Waals surface area (Å²) in [5, 5.41) is 7.36. The Morgan fingerprint density at radius 3 is 2.40 bits per heavy atom. The van der Waals surface area contributed by atoms with Crippen molar-refractivity contribution in [2.24, 2.45) is 5.92 Å². The van der Waals surface area contributed by atoms with Crippen molar-refractivity contribution in [3.8, 4) is 0 Å². The minimum Gasteiger partial charge on any atom is -0.342 e. The molecule has 1 saturated heterocycles. The van der Waals surface area contributed by atoms with Gasteiger partial charge in [0.05, 0.1) is 0 Å². The molecule has 2 heterocycles. The molecule has 6 nitrogen and oxygen atoms in total. The lowest BCUT2D eigenvalue weighted by molar-refractivity contribution is -0.138. The Morgan fingerprint density at radius 2 is 1.80 bits per heavy atom. The van der Waals surface area contributed by atoms with Gasteiger partial charge in [0.25, 0.3) is 5.91 Å². The molecule has 0 spiro atoms. The fourth-order valence-corrected chi connectivity index (χ4v) is 3.54. The fourth-order valence-electron chi connectivity index (χ4n) is 3.54. The highest BCUT2D eigenvalue weighted by Crippen LogP contribution is 2.35. The van der Waals surface area contributed by atoms with Gasteiger partial charge in [0.15, 0.2) is 0 Å². The third-order valence-corrected chi connectivity index (χ3v) is 5.23. The Labute approximate surface area is 146 Å². The minimum absolute atomic E-state index is 0.0686. The number of aromatic nitrogens is 2. The van der Waals surface area contributed by atoms with Crippen molar-refractivity contribution in [3.05, 3.63) is 48.8 Å². The molecule has 2 aliphatic rings. The lowest BCUT2D eigenvalue weighted by Crippen LogP contribution is -2.54. The number of amides is 2.